The average molecular weight is 235 g/mol. The number of halogens is 3. The van der Waals surface area contributed by atoms with E-state index in [2.05, 4.69) is 0 Å². The zero-order valence-electron chi connectivity index (χ0n) is 8.68. The molecule has 14 heavy (non-hydrogen) atoms. The molecule has 0 saturated carbocycles. The first-order valence-electron chi connectivity index (χ1n) is 4.52. The maximum atomic E-state index is 11.9. The summed E-state index contributed by atoms with van der Waals surface area (Å²) in [5.74, 6) is 0. The summed E-state index contributed by atoms with van der Waals surface area (Å²) in [6.07, 6.45) is -0.662. The van der Waals surface area contributed by atoms with Crippen molar-refractivity contribution in [2.75, 3.05) is 26.3 Å². The topological polar surface area (TPSA) is 12.5 Å². The molecule has 0 aromatic carbocycles. The van der Waals surface area contributed by atoms with Gasteiger partial charge in [-0.15, -0.1) is 0 Å². The molecule has 1 unspecified atom stereocenters. The molecule has 0 spiro atoms. The van der Waals surface area contributed by atoms with Crippen LogP contribution in [-0.4, -0.2) is 44.2 Å². The minimum atomic E-state index is -4.63. The first-order valence-corrected chi connectivity index (χ1v) is 4.52. The Labute approximate surface area is 125 Å². The van der Waals surface area contributed by atoms with Gasteiger partial charge in [0.2, 0.25) is 0 Å². The second-order valence-corrected chi connectivity index (χ2v) is 3.46. The number of rotatable bonds is 3. The first kappa shape index (κ1) is 15.4. The van der Waals surface area contributed by atoms with E-state index in [4.69, 9.17) is 4.74 Å². The Morgan fingerprint density at radius 1 is 1.43 bits per heavy atom. The molecule has 1 atom stereocenters. The number of hydrogen-bond acceptors (Lipinski definition) is 2. The van der Waals surface area contributed by atoms with Crippen molar-refractivity contribution < 1.29 is 69.1 Å². The van der Waals surface area contributed by atoms with E-state index in [0.29, 0.717) is 19.8 Å². The Morgan fingerprint density at radius 3 is 2.57 bits per heavy atom. The molecule has 1 aliphatic heterocycles. The van der Waals surface area contributed by atoms with Crippen molar-refractivity contribution >= 4 is 6.98 Å². The summed E-state index contributed by atoms with van der Waals surface area (Å²) in [7, 11) is 0. The summed E-state index contributed by atoms with van der Waals surface area (Å²) in [6, 6.07) is 0.117. The third kappa shape index (κ3) is 6.09. The van der Waals surface area contributed by atoms with Gasteiger partial charge >= 0.3 is 58.4 Å². The molecule has 1 fully saturated rings. The first-order chi connectivity index (χ1) is 5.99. The van der Waals surface area contributed by atoms with Crippen LogP contribution in [0, 0.1) is 0 Å². The predicted molar refractivity (Wildman–Crippen MR) is 45.7 cm³/mol. The normalized spacial score (nSPS) is 24.4. The average Bonchev–Trinajstić information content (AvgIpc) is 2.01. The van der Waals surface area contributed by atoms with Crippen molar-refractivity contribution in [3.05, 3.63) is 0 Å². The zero-order valence-corrected chi connectivity index (χ0v) is 11.8. The van der Waals surface area contributed by atoms with Gasteiger partial charge in [-0.25, -0.2) is 0 Å². The maximum absolute atomic E-state index is 11.9. The van der Waals surface area contributed by atoms with Crippen molar-refractivity contribution in [3.8, 4) is 0 Å². The number of morpholine rings is 1. The van der Waals surface area contributed by atoms with E-state index < -0.39 is 13.3 Å². The Morgan fingerprint density at radius 2 is 2.07 bits per heavy atom. The molecule has 7 heteroatoms. The van der Waals surface area contributed by atoms with E-state index in [1.54, 1.807) is 0 Å². The molecule has 0 radical (unpaired) electrons. The van der Waals surface area contributed by atoms with Crippen LogP contribution >= 0.6 is 0 Å². The Kier molecular flexibility index (Phi) is 7.57. The smallest absolute Gasteiger partial charge is 0.449 e. The molecule has 0 amide bonds. The number of ether oxygens (including phenoxy) is 1. The third-order valence-corrected chi connectivity index (χ3v) is 2.25. The summed E-state index contributed by atoms with van der Waals surface area (Å²) in [6.45, 7) is -0.907. The Hall–Kier alpha value is 1.41. The van der Waals surface area contributed by atoms with Crippen LogP contribution in [0.15, 0.2) is 0 Å². The summed E-state index contributed by atoms with van der Waals surface area (Å²) < 4.78 is 41.0. The quantitative estimate of drug-likeness (QED) is 0.555. The fourth-order valence-electron chi connectivity index (χ4n) is 1.41. The van der Waals surface area contributed by atoms with Crippen LogP contribution in [0.5, 0.6) is 0 Å². The largest absolute Gasteiger partial charge is 1.00 e. The van der Waals surface area contributed by atoms with Crippen molar-refractivity contribution in [2.24, 2.45) is 0 Å². The minimum absolute atomic E-state index is 0. The molecule has 1 heterocycles. The molecule has 0 N–H and O–H groups in total. The summed E-state index contributed by atoms with van der Waals surface area (Å²) >= 11 is 0. The van der Waals surface area contributed by atoms with E-state index in [-0.39, 0.29) is 64.0 Å². The van der Waals surface area contributed by atoms with Crippen molar-refractivity contribution in [3.63, 3.8) is 0 Å². The molecule has 0 aromatic rings. The molecule has 1 rings (SSSR count). The van der Waals surface area contributed by atoms with Gasteiger partial charge < -0.3 is 17.7 Å². The van der Waals surface area contributed by atoms with Crippen LogP contribution in [0.2, 0.25) is 6.32 Å². The van der Waals surface area contributed by atoms with E-state index in [9.17, 15) is 12.9 Å². The van der Waals surface area contributed by atoms with Gasteiger partial charge in [0.25, 0.3) is 0 Å². The number of nitrogens with zero attached hydrogens (tertiary/aromatic N) is 1. The SMILES string of the molecule is CC1COCCN1CC[B-](F)(F)F.[K+]. The van der Waals surface area contributed by atoms with Crippen LogP contribution in [0.25, 0.3) is 0 Å². The van der Waals surface area contributed by atoms with Gasteiger partial charge in [0.1, 0.15) is 0 Å². The summed E-state index contributed by atoms with van der Waals surface area (Å²) in [4.78, 5) is 1.83. The zero-order chi connectivity index (χ0) is 9.90. The fourth-order valence-corrected chi connectivity index (χ4v) is 1.41. The van der Waals surface area contributed by atoms with Crippen molar-refractivity contribution in [1.82, 2.24) is 4.90 Å². The van der Waals surface area contributed by atoms with Crippen LogP contribution in [0.1, 0.15) is 6.92 Å². The van der Waals surface area contributed by atoms with Gasteiger partial charge in [-0.3, -0.25) is 4.90 Å². The molecule has 0 aliphatic carbocycles. The van der Waals surface area contributed by atoms with Gasteiger partial charge in [-0.1, -0.05) is 6.32 Å². The van der Waals surface area contributed by atoms with E-state index in [1.807, 2.05) is 11.8 Å². The molecule has 1 aliphatic rings. The van der Waals surface area contributed by atoms with Crippen LogP contribution in [0.3, 0.4) is 0 Å². The van der Waals surface area contributed by atoms with Gasteiger partial charge in [-0.05, 0) is 13.5 Å². The molecule has 0 bridgehead atoms. The van der Waals surface area contributed by atoms with Gasteiger partial charge in [-0.2, -0.15) is 0 Å². The van der Waals surface area contributed by atoms with E-state index in [1.165, 1.54) is 0 Å². The van der Waals surface area contributed by atoms with E-state index in [0.717, 1.165) is 0 Å². The maximum Gasteiger partial charge on any atom is 1.00 e. The minimum Gasteiger partial charge on any atom is -0.449 e. The van der Waals surface area contributed by atoms with Crippen LogP contribution in [-0.2, 0) is 4.74 Å². The molecule has 78 valence electrons. The van der Waals surface area contributed by atoms with Gasteiger partial charge in [0, 0.05) is 12.6 Å². The third-order valence-electron chi connectivity index (χ3n) is 2.25. The van der Waals surface area contributed by atoms with Crippen molar-refractivity contribution in [1.29, 1.82) is 0 Å². The summed E-state index contributed by atoms with van der Waals surface area (Å²) in [5, 5.41) is 0. The van der Waals surface area contributed by atoms with Crippen LogP contribution in [0.4, 0.5) is 12.9 Å². The van der Waals surface area contributed by atoms with Gasteiger partial charge in [0.05, 0.1) is 13.2 Å². The molecule has 0 aromatic heterocycles. The standard InChI is InChI=1S/C7H14BF3NO.K/c1-7-6-13-5-4-12(7)3-2-8(9,10)11;/h7H,2-6H2,1H3;/q-1;+1. The molecule has 1 saturated heterocycles. The van der Waals surface area contributed by atoms with Gasteiger partial charge in [0.15, 0.2) is 0 Å². The Bertz CT molecular complexity index is 170. The number of hydrogen-bond donors (Lipinski definition) is 0. The Balaban J connectivity index is 0.00000169. The van der Waals surface area contributed by atoms with Crippen molar-refractivity contribution in [2.45, 2.75) is 19.3 Å². The molecular weight excluding hydrogens is 221 g/mol. The molecule has 2 nitrogen and oxygen atoms in total. The summed E-state index contributed by atoms with van der Waals surface area (Å²) in [5.41, 5.74) is 0. The van der Waals surface area contributed by atoms with E-state index >= 15 is 0 Å². The second kappa shape index (κ2) is 6.88. The second-order valence-electron chi connectivity index (χ2n) is 3.46. The molecular formula is C7H14BF3KNO. The van der Waals surface area contributed by atoms with Crippen LogP contribution < -0.4 is 51.4 Å². The monoisotopic (exact) mass is 235 g/mol. The predicted octanol–water partition coefficient (Wildman–Crippen LogP) is -1.44. The fraction of sp³-hybridized carbons (Fsp3) is 1.00.